The molecule has 6 nitrogen and oxygen atoms in total. The van der Waals surface area contributed by atoms with Gasteiger partial charge in [-0.3, -0.25) is 4.98 Å². The molecule has 2 heterocycles. The summed E-state index contributed by atoms with van der Waals surface area (Å²) in [7, 11) is 3.32. The van der Waals surface area contributed by atoms with Gasteiger partial charge >= 0.3 is 0 Å². The zero-order valence-electron chi connectivity index (χ0n) is 17.1. The van der Waals surface area contributed by atoms with Crippen LogP contribution in [0.1, 0.15) is 11.1 Å². The largest absolute Gasteiger partial charge is 0.496 e. The molecular formula is C24H24N4O2. The highest BCUT2D eigenvalue weighted by molar-refractivity contribution is 5.92. The van der Waals surface area contributed by atoms with Crippen molar-refractivity contribution in [3.8, 4) is 11.5 Å². The molecule has 2 N–H and O–H groups in total. The van der Waals surface area contributed by atoms with Gasteiger partial charge in [0.2, 0.25) is 0 Å². The first-order valence-electron chi connectivity index (χ1n) is 9.75. The molecule has 0 fully saturated rings. The number of methoxy groups -OCH3 is 2. The van der Waals surface area contributed by atoms with Crippen molar-refractivity contribution in [3.05, 3.63) is 84.2 Å². The van der Waals surface area contributed by atoms with Crippen molar-refractivity contribution >= 4 is 22.4 Å². The molecule has 152 valence electrons. The molecule has 0 spiro atoms. The molecular weight excluding hydrogens is 376 g/mol. The number of aromatic nitrogens is 2. The number of hydrogen-bond acceptors (Lipinski definition) is 6. The van der Waals surface area contributed by atoms with E-state index in [9.17, 15) is 0 Å². The molecule has 30 heavy (non-hydrogen) atoms. The minimum Gasteiger partial charge on any atom is -0.496 e. The number of benzene rings is 2. The van der Waals surface area contributed by atoms with Crippen LogP contribution >= 0.6 is 0 Å². The molecule has 0 aliphatic carbocycles. The lowest BCUT2D eigenvalue weighted by Crippen LogP contribution is -2.05. The SMILES string of the molecule is COc1cccc(OC)c1CNc1ccc2c(NCc3cccnc3)cccc2n1. The van der Waals surface area contributed by atoms with Crippen LogP contribution in [-0.2, 0) is 13.1 Å². The second-order valence-corrected chi connectivity index (χ2v) is 6.78. The number of ether oxygens (including phenoxy) is 2. The Morgan fingerprint density at radius 1 is 0.800 bits per heavy atom. The van der Waals surface area contributed by atoms with E-state index in [1.807, 2.05) is 48.7 Å². The van der Waals surface area contributed by atoms with Crippen LogP contribution in [0.4, 0.5) is 11.5 Å². The van der Waals surface area contributed by atoms with Gasteiger partial charge in [0.1, 0.15) is 17.3 Å². The predicted octanol–water partition coefficient (Wildman–Crippen LogP) is 4.87. The minimum absolute atomic E-state index is 0.546. The van der Waals surface area contributed by atoms with E-state index in [-0.39, 0.29) is 0 Å². The fraction of sp³-hybridized carbons (Fsp3) is 0.167. The maximum atomic E-state index is 5.47. The quantitative estimate of drug-likeness (QED) is 0.440. The molecule has 0 amide bonds. The summed E-state index contributed by atoms with van der Waals surface area (Å²) in [6.45, 7) is 1.26. The number of fused-ring (bicyclic) bond motifs is 1. The lowest BCUT2D eigenvalue weighted by molar-refractivity contribution is 0.386. The highest BCUT2D eigenvalue weighted by atomic mass is 16.5. The normalized spacial score (nSPS) is 10.6. The molecule has 0 bridgehead atoms. The molecule has 0 saturated heterocycles. The molecule has 4 rings (SSSR count). The maximum absolute atomic E-state index is 5.47. The Labute approximate surface area is 175 Å². The molecule has 0 aliphatic heterocycles. The Kier molecular flexibility index (Phi) is 5.94. The molecule has 0 unspecified atom stereocenters. The van der Waals surface area contributed by atoms with Gasteiger partial charge in [-0.1, -0.05) is 18.2 Å². The first kappa shape index (κ1) is 19.5. The van der Waals surface area contributed by atoms with Crippen molar-refractivity contribution in [1.29, 1.82) is 0 Å². The second kappa shape index (κ2) is 9.13. The zero-order valence-corrected chi connectivity index (χ0v) is 17.1. The van der Waals surface area contributed by atoms with E-state index in [1.54, 1.807) is 20.4 Å². The average Bonchev–Trinajstić information content (AvgIpc) is 2.81. The molecule has 0 atom stereocenters. The summed E-state index contributed by atoms with van der Waals surface area (Å²) in [5.41, 5.74) is 4.05. The average molecular weight is 400 g/mol. The van der Waals surface area contributed by atoms with Crippen LogP contribution in [0.3, 0.4) is 0 Å². The number of rotatable bonds is 8. The zero-order chi connectivity index (χ0) is 20.8. The molecule has 4 aromatic rings. The summed E-state index contributed by atoms with van der Waals surface area (Å²) in [6, 6.07) is 19.9. The Morgan fingerprint density at radius 2 is 1.60 bits per heavy atom. The molecule has 2 aromatic heterocycles. The van der Waals surface area contributed by atoms with Gasteiger partial charge in [0.15, 0.2) is 0 Å². The summed E-state index contributed by atoms with van der Waals surface area (Å²) in [5.74, 6) is 2.36. The third-order valence-corrected chi connectivity index (χ3v) is 4.91. The Hall–Kier alpha value is -3.80. The Bertz CT molecular complexity index is 1110. The van der Waals surface area contributed by atoms with Crippen LogP contribution in [0.15, 0.2) is 73.1 Å². The van der Waals surface area contributed by atoms with Gasteiger partial charge < -0.3 is 20.1 Å². The smallest absolute Gasteiger partial charge is 0.127 e. The van der Waals surface area contributed by atoms with Gasteiger partial charge in [0, 0.05) is 36.6 Å². The monoisotopic (exact) mass is 400 g/mol. The lowest BCUT2D eigenvalue weighted by Gasteiger charge is -2.15. The number of hydrogen-bond donors (Lipinski definition) is 2. The van der Waals surface area contributed by atoms with E-state index in [0.29, 0.717) is 13.1 Å². The molecule has 0 radical (unpaired) electrons. The summed E-state index contributed by atoms with van der Waals surface area (Å²) in [5, 5.41) is 7.93. The van der Waals surface area contributed by atoms with Crippen LogP contribution < -0.4 is 20.1 Å². The molecule has 2 aromatic carbocycles. The Morgan fingerprint density at radius 3 is 2.33 bits per heavy atom. The van der Waals surface area contributed by atoms with Gasteiger partial charge in [0.05, 0.1) is 25.3 Å². The number of nitrogens with one attached hydrogen (secondary N) is 2. The predicted molar refractivity (Wildman–Crippen MR) is 120 cm³/mol. The van der Waals surface area contributed by atoms with Gasteiger partial charge in [-0.05, 0) is 48.0 Å². The van der Waals surface area contributed by atoms with Gasteiger partial charge in [-0.25, -0.2) is 4.98 Å². The molecule has 0 saturated carbocycles. The number of pyridine rings is 2. The van der Waals surface area contributed by atoms with Crippen LogP contribution in [0.2, 0.25) is 0 Å². The van der Waals surface area contributed by atoms with Crippen LogP contribution in [0, 0.1) is 0 Å². The van der Waals surface area contributed by atoms with E-state index < -0.39 is 0 Å². The lowest BCUT2D eigenvalue weighted by atomic mass is 10.1. The van der Waals surface area contributed by atoms with Crippen molar-refractivity contribution in [2.24, 2.45) is 0 Å². The van der Waals surface area contributed by atoms with E-state index in [2.05, 4.69) is 33.8 Å². The van der Waals surface area contributed by atoms with E-state index in [4.69, 9.17) is 14.5 Å². The first-order valence-corrected chi connectivity index (χ1v) is 9.75. The van der Waals surface area contributed by atoms with Crippen molar-refractivity contribution in [1.82, 2.24) is 9.97 Å². The first-order chi connectivity index (χ1) is 14.8. The van der Waals surface area contributed by atoms with E-state index >= 15 is 0 Å². The van der Waals surface area contributed by atoms with Crippen LogP contribution in [0.5, 0.6) is 11.5 Å². The molecule has 0 aliphatic rings. The molecule has 6 heteroatoms. The number of nitrogens with zero attached hydrogens (tertiary/aromatic N) is 2. The second-order valence-electron chi connectivity index (χ2n) is 6.78. The van der Waals surface area contributed by atoms with Crippen molar-refractivity contribution < 1.29 is 9.47 Å². The van der Waals surface area contributed by atoms with Crippen molar-refractivity contribution in [2.45, 2.75) is 13.1 Å². The summed E-state index contributed by atoms with van der Waals surface area (Å²) >= 11 is 0. The van der Waals surface area contributed by atoms with E-state index in [0.717, 1.165) is 45.0 Å². The standard InChI is InChI=1S/C24H24N4O2/c1-29-22-9-4-10-23(30-2)19(22)16-27-24-12-11-18-20(7-3-8-21(18)28-24)26-15-17-6-5-13-25-14-17/h3-14,26H,15-16H2,1-2H3,(H,27,28). The topological polar surface area (TPSA) is 68.3 Å². The van der Waals surface area contributed by atoms with Crippen LogP contribution in [-0.4, -0.2) is 24.2 Å². The van der Waals surface area contributed by atoms with Gasteiger partial charge in [0.25, 0.3) is 0 Å². The Balaban J connectivity index is 1.52. The highest BCUT2D eigenvalue weighted by Gasteiger charge is 2.10. The van der Waals surface area contributed by atoms with Gasteiger partial charge in [-0.2, -0.15) is 0 Å². The summed E-state index contributed by atoms with van der Waals surface area (Å²) in [4.78, 5) is 8.93. The fourth-order valence-electron chi connectivity index (χ4n) is 3.39. The summed E-state index contributed by atoms with van der Waals surface area (Å²) in [6.07, 6.45) is 3.64. The van der Waals surface area contributed by atoms with Crippen LogP contribution in [0.25, 0.3) is 10.9 Å². The third kappa shape index (κ3) is 4.27. The minimum atomic E-state index is 0.546. The maximum Gasteiger partial charge on any atom is 0.127 e. The van der Waals surface area contributed by atoms with Crippen molar-refractivity contribution in [2.75, 3.05) is 24.9 Å². The van der Waals surface area contributed by atoms with E-state index in [1.165, 1.54) is 0 Å². The van der Waals surface area contributed by atoms with Gasteiger partial charge in [-0.15, -0.1) is 0 Å². The highest BCUT2D eigenvalue weighted by Crippen LogP contribution is 2.29. The third-order valence-electron chi connectivity index (χ3n) is 4.91. The summed E-state index contributed by atoms with van der Waals surface area (Å²) < 4.78 is 10.9. The number of anilines is 2. The van der Waals surface area contributed by atoms with Crippen molar-refractivity contribution in [3.63, 3.8) is 0 Å². The fourth-order valence-corrected chi connectivity index (χ4v) is 3.39.